The highest BCUT2D eigenvalue weighted by atomic mass is 32.5. The van der Waals surface area contributed by atoms with Crippen LogP contribution in [-0.2, 0) is 20.9 Å². The summed E-state index contributed by atoms with van der Waals surface area (Å²) in [7, 11) is 4.22. The lowest BCUT2D eigenvalue weighted by Gasteiger charge is -2.31. The fraction of sp³-hybridized carbons (Fsp3) is 0.875. The number of unbranched alkanes of at least 4 members (excludes halogenated alkanes) is 1. The molecule has 0 aromatic carbocycles. The molecule has 0 rings (SSSR count). The molecule has 0 aromatic rings. The van der Waals surface area contributed by atoms with Crippen molar-refractivity contribution in [1.29, 1.82) is 0 Å². The lowest BCUT2D eigenvalue weighted by atomic mass is 10.3. The van der Waals surface area contributed by atoms with Crippen LogP contribution in [0.5, 0.6) is 0 Å². The van der Waals surface area contributed by atoms with E-state index in [9.17, 15) is 9.18 Å². The predicted molar refractivity (Wildman–Crippen MR) is 71.8 cm³/mol. The van der Waals surface area contributed by atoms with E-state index in [1.165, 1.54) is 21.3 Å². The van der Waals surface area contributed by atoms with Crippen LogP contribution in [0.15, 0.2) is 0 Å². The average Bonchev–Trinajstić information content (AvgIpc) is 2.32. The van der Waals surface area contributed by atoms with Crippen molar-refractivity contribution in [3.05, 3.63) is 0 Å². The van der Waals surface area contributed by atoms with E-state index in [0.29, 0.717) is 6.54 Å². The zero-order valence-electron chi connectivity index (χ0n) is 10.4. The third-order valence-electron chi connectivity index (χ3n) is 1.90. The van der Waals surface area contributed by atoms with Gasteiger partial charge in [0.15, 0.2) is 0 Å². The van der Waals surface area contributed by atoms with Gasteiger partial charge in [-0.15, -0.1) is 4.39 Å². The van der Waals surface area contributed by atoms with Gasteiger partial charge in [0.25, 0.3) is 6.64 Å². The van der Waals surface area contributed by atoms with Crippen molar-refractivity contribution in [2.24, 2.45) is 0 Å². The normalized spacial score (nSPS) is 11.9. The molecule has 0 aliphatic carbocycles. The first-order valence-corrected chi connectivity index (χ1v) is 8.34. The van der Waals surface area contributed by atoms with E-state index in [1.54, 1.807) is 4.08 Å². The Labute approximate surface area is 111 Å². The number of carbonyl (C=O) groups excluding carboxylic acids is 1. The van der Waals surface area contributed by atoms with E-state index >= 15 is 0 Å². The molecule has 0 heterocycles. The lowest BCUT2D eigenvalue weighted by Crippen LogP contribution is -2.24. The smallest absolute Gasteiger partial charge is 0.321 e. The Morgan fingerprint density at radius 3 is 2.35 bits per heavy atom. The van der Waals surface area contributed by atoms with Crippen molar-refractivity contribution in [3.63, 3.8) is 0 Å². The molecule has 0 bridgehead atoms. The molecule has 0 unspecified atom stereocenters. The van der Waals surface area contributed by atoms with Crippen molar-refractivity contribution in [1.82, 2.24) is 8.38 Å². The number of rotatable bonds is 8. The Morgan fingerprint density at radius 2 is 2.00 bits per heavy atom. The number of carbonyl (C=O) groups is 1. The van der Waals surface area contributed by atoms with Crippen LogP contribution in [0.3, 0.4) is 0 Å². The second-order valence-corrected chi connectivity index (χ2v) is 8.05. The Bertz CT molecular complexity index is 288. The number of halogens is 1. The first-order chi connectivity index (χ1) is 7.91. The standard InChI is InChI=1S/C8H18FN2O3PS2/c1-5-6-7-11(15(16,13-3)14-4)17-10(2)8(9)12/h5-7H2,1-4H3. The molecule has 17 heavy (non-hydrogen) atoms. The molecule has 0 radical (unpaired) electrons. The Hall–Kier alpha value is 0.280. The quantitative estimate of drug-likeness (QED) is 0.297. The molecule has 1 amide bonds. The van der Waals surface area contributed by atoms with Gasteiger partial charge in [0, 0.05) is 27.8 Å². The zero-order valence-corrected chi connectivity index (χ0v) is 12.9. The summed E-state index contributed by atoms with van der Waals surface area (Å²) in [6.07, 6.45) is 0.268. The molecule has 0 saturated heterocycles. The zero-order chi connectivity index (χ0) is 13.5. The van der Waals surface area contributed by atoms with Crippen LogP contribution < -0.4 is 0 Å². The van der Waals surface area contributed by atoms with Crippen molar-refractivity contribution in [2.75, 3.05) is 27.8 Å². The molecule has 5 nitrogen and oxygen atoms in total. The number of hydrogen-bond donors (Lipinski definition) is 0. The van der Waals surface area contributed by atoms with Crippen LogP contribution in [-0.4, -0.2) is 42.4 Å². The van der Waals surface area contributed by atoms with Gasteiger partial charge >= 0.3 is 6.16 Å². The van der Waals surface area contributed by atoms with Crippen LogP contribution in [0.2, 0.25) is 0 Å². The summed E-state index contributed by atoms with van der Waals surface area (Å²) >= 11 is 6.14. The molecular formula is C8H18FN2O3PS2. The molecule has 0 aliphatic heterocycles. The lowest BCUT2D eigenvalue weighted by molar-refractivity contribution is 0.208. The summed E-state index contributed by atoms with van der Waals surface area (Å²) in [6.45, 7) is -0.0545. The van der Waals surface area contributed by atoms with Gasteiger partial charge in [0.2, 0.25) is 0 Å². The first-order valence-electron chi connectivity index (χ1n) is 5.02. The molecule has 0 aromatic heterocycles. The van der Waals surface area contributed by atoms with Crippen LogP contribution >= 0.6 is 18.8 Å². The Balaban J connectivity index is 4.74. The Morgan fingerprint density at radius 1 is 1.47 bits per heavy atom. The minimum Gasteiger partial charge on any atom is -0.321 e. The van der Waals surface area contributed by atoms with E-state index in [-0.39, 0.29) is 0 Å². The van der Waals surface area contributed by atoms with Crippen LogP contribution in [0, 0.1) is 0 Å². The number of hydrogen-bond acceptors (Lipinski definition) is 5. The summed E-state index contributed by atoms with van der Waals surface area (Å²) in [4.78, 5) is 10.6. The van der Waals surface area contributed by atoms with E-state index in [4.69, 9.17) is 20.9 Å². The maximum Gasteiger partial charge on any atom is 0.410 e. The minimum atomic E-state index is -2.65. The van der Waals surface area contributed by atoms with Crippen molar-refractivity contribution < 1.29 is 18.2 Å². The largest absolute Gasteiger partial charge is 0.410 e. The van der Waals surface area contributed by atoms with E-state index in [2.05, 4.69) is 0 Å². The monoisotopic (exact) mass is 304 g/mol. The summed E-state index contributed by atoms with van der Waals surface area (Å²) in [5.41, 5.74) is 0. The third kappa shape index (κ3) is 5.63. The summed E-state index contributed by atoms with van der Waals surface area (Å²) < 4.78 is 25.3. The van der Waals surface area contributed by atoms with Crippen LogP contribution in [0.1, 0.15) is 19.8 Å². The highest BCUT2D eigenvalue weighted by Gasteiger charge is 2.29. The second-order valence-electron chi connectivity index (χ2n) is 3.10. The van der Waals surface area contributed by atoms with Crippen LogP contribution in [0.25, 0.3) is 0 Å². The number of amides is 1. The van der Waals surface area contributed by atoms with Gasteiger partial charge in [-0.1, -0.05) is 13.3 Å². The van der Waals surface area contributed by atoms with E-state index in [1.807, 2.05) is 6.92 Å². The fourth-order valence-electron chi connectivity index (χ4n) is 0.932. The molecule has 0 saturated carbocycles. The first kappa shape index (κ1) is 17.3. The highest BCUT2D eigenvalue weighted by Crippen LogP contribution is 2.55. The Kier molecular flexibility index (Phi) is 8.53. The van der Waals surface area contributed by atoms with Crippen molar-refractivity contribution in [3.8, 4) is 0 Å². The molecule has 9 heteroatoms. The fourth-order valence-corrected chi connectivity index (χ4v) is 3.99. The van der Waals surface area contributed by atoms with Gasteiger partial charge in [-0.25, -0.2) is 9.10 Å². The summed E-state index contributed by atoms with van der Waals surface area (Å²) in [5.74, 6) is 0. The van der Waals surface area contributed by atoms with Gasteiger partial charge < -0.3 is 9.05 Å². The molecule has 0 atom stereocenters. The van der Waals surface area contributed by atoms with E-state index < -0.39 is 12.8 Å². The molecule has 102 valence electrons. The topological polar surface area (TPSA) is 42.0 Å². The SMILES string of the molecule is CCCCN(SN(C)C(=O)F)P(=S)(OC)OC. The maximum atomic E-state index is 12.5. The molecule has 0 fully saturated rings. The number of nitrogens with zero attached hydrogens (tertiary/aromatic N) is 2. The molecule has 0 N–H and O–H groups in total. The summed E-state index contributed by atoms with van der Waals surface area (Å²) in [5, 5.41) is 0. The van der Waals surface area contributed by atoms with Gasteiger partial charge in [-0.2, -0.15) is 4.08 Å². The van der Waals surface area contributed by atoms with Gasteiger partial charge in [-0.3, -0.25) is 0 Å². The van der Waals surface area contributed by atoms with Gasteiger partial charge in [0.05, 0.1) is 12.1 Å². The molecule has 0 aliphatic rings. The van der Waals surface area contributed by atoms with Crippen molar-refractivity contribution in [2.45, 2.75) is 19.8 Å². The molecule has 0 spiro atoms. The second kappa shape index (κ2) is 8.39. The average molecular weight is 304 g/mol. The van der Waals surface area contributed by atoms with Gasteiger partial charge in [0.1, 0.15) is 0 Å². The molecular weight excluding hydrogens is 286 g/mol. The minimum absolute atomic E-state index is 0.567. The predicted octanol–water partition coefficient (Wildman–Crippen LogP) is 3.19. The van der Waals surface area contributed by atoms with E-state index in [0.717, 1.165) is 29.3 Å². The van der Waals surface area contributed by atoms with Crippen molar-refractivity contribution >= 4 is 36.7 Å². The third-order valence-corrected chi connectivity index (χ3v) is 6.99. The highest BCUT2D eigenvalue weighted by molar-refractivity contribution is 8.15. The van der Waals surface area contributed by atoms with Crippen LogP contribution in [0.4, 0.5) is 9.18 Å². The summed E-state index contributed by atoms with van der Waals surface area (Å²) in [6, 6.07) is 0. The maximum absolute atomic E-state index is 12.5. The van der Waals surface area contributed by atoms with Gasteiger partial charge in [-0.05, 0) is 18.2 Å².